The van der Waals surface area contributed by atoms with Crippen molar-refractivity contribution >= 4 is 5.91 Å². The van der Waals surface area contributed by atoms with Gasteiger partial charge in [-0.15, -0.1) is 0 Å². The molecule has 1 aromatic rings. The Morgan fingerprint density at radius 1 is 1.15 bits per heavy atom. The van der Waals surface area contributed by atoms with Crippen LogP contribution >= 0.6 is 0 Å². The predicted octanol–water partition coefficient (Wildman–Crippen LogP) is 4.40. The fourth-order valence-corrected chi connectivity index (χ4v) is 3.29. The maximum Gasteiger partial charge on any atom is 0.221 e. The first kappa shape index (κ1) is 15.1. The topological polar surface area (TPSA) is 29.1 Å². The molecule has 1 N–H and O–H groups in total. The molecule has 1 aromatic carbocycles. The molecule has 0 aliphatic heterocycles. The first-order chi connectivity index (χ1) is 9.41. The van der Waals surface area contributed by atoms with E-state index in [0.29, 0.717) is 6.42 Å². The number of hydrogen-bond donors (Lipinski definition) is 1. The third-order valence-corrected chi connectivity index (χ3v) is 4.60. The van der Waals surface area contributed by atoms with E-state index in [9.17, 15) is 4.79 Å². The lowest BCUT2D eigenvalue weighted by atomic mass is 9.73. The smallest absolute Gasteiger partial charge is 0.221 e. The summed E-state index contributed by atoms with van der Waals surface area (Å²) in [5.41, 5.74) is 1.06. The van der Waals surface area contributed by atoms with Gasteiger partial charge in [0.1, 0.15) is 0 Å². The number of rotatable bonds is 4. The zero-order valence-corrected chi connectivity index (χ0v) is 13.0. The van der Waals surface area contributed by atoms with Crippen molar-refractivity contribution < 1.29 is 4.79 Å². The van der Waals surface area contributed by atoms with E-state index in [-0.39, 0.29) is 16.9 Å². The van der Waals surface area contributed by atoms with E-state index in [1.165, 1.54) is 32.1 Å². The molecule has 1 aliphatic rings. The number of hydrogen-bond acceptors (Lipinski definition) is 1. The van der Waals surface area contributed by atoms with Gasteiger partial charge in [-0.25, -0.2) is 0 Å². The van der Waals surface area contributed by atoms with Crippen LogP contribution in [0.25, 0.3) is 0 Å². The van der Waals surface area contributed by atoms with Crippen LogP contribution in [0.3, 0.4) is 0 Å². The highest BCUT2D eigenvalue weighted by molar-refractivity contribution is 5.77. The van der Waals surface area contributed by atoms with E-state index < -0.39 is 0 Å². The van der Waals surface area contributed by atoms with Gasteiger partial charge in [-0.05, 0) is 37.7 Å². The summed E-state index contributed by atoms with van der Waals surface area (Å²) in [6.45, 7) is 6.41. The lowest BCUT2D eigenvalue weighted by molar-refractivity contribution is -0.125. The summed E-state index contributed by atoms with van der Waals surface area (Å²) in [4.78, 5) is 12.4. The monoisotopic (exact) mass is 273 g/mol. The van der Waals surface area contributed by atoms with E-state index in [4.69, 9.17) is 0 Å². The molecule has 0 heterocycles. The zero-order chi connectivity index (χ0) is 14.6. The van der Waals surface area contributed by atoms with Gasteiger partial charge in [0.15, 0.2) is 0 Å². The van der Waals surface area contributed by atoms with Crippen LogP contribution in [0.5, 0.6) is 0 Å². The van der Waals surface area contributed by atoms with Gasteiger partial charge in [0, 0.05) is 6.42 Å². The fraction of sp³-hybridized carbons (Fsp3) is 0.611. The summed E-state index contributed by atoms with van der Waals surface area (Å²) < 4.78 is 0. The second kappa shape index (κ2) is 5.99. The van der Waals surface area contributed by atoms with Crippen LogP contribution in [0.15, 0.2) is 30.3 Å². The highest BCUT2D eigenvalue weighted by Gasteiger charge is 2.31. The molecule has 0 radical (unpaired) electrons. The molecule has 0 atom stereocenters. The summed E-state index contributed by atoms with van der Waals surface area (Å²) in [5, 5.41) is 3.21. The molecule has 0 spiro atoms. The molecular formula is C18H27NO. The third kappa shape index (κ3) is 3.84. The van der Waals surface area contributed by atoms with Gasteiger partial charge >= 0.3 is 0 Å². The van der Waals surface area contributed by atoms with Crippen LogP contribution in [-0.2, 0) is 10.3 Å². The van der Waals surface area contributed by atoms with Gasteiger partial charge in [-0.1, -0.05) is 56.5 Å². The van der Waals surface area contributed by atoms with Gasteiger partial charge in [-0.3, -0.25) is 4.79 Å². The summed E-state index contributed by atoms with van der Waals surface area (Å²) >= 11 is 0. The minimum atomic E-state index is -0.302. The van der Waals surface area contributed by atoms with Crippen molar-refractivity contribution in [2.45, 2.75) is 64.8 Å². The molecular weight excluding hydrogens is 246 g/mol. The van der Waals surface area contributed by atoms with Crippen molar-refractivity contribution in [2.24, 2.45) is 5.41 Å². The number of amides is 1. The van der Waals surface area contributed by atoms with Gasteiger partial charge in [-0.2, -0.15) is 0 Å². The molecule has 1 saturated carbocycles. The van der Waals surface area contributed by atoms with E-state index in [1.54, 1.807) is 0 Å². The molecule has 0 bridgehead atoms. The van der Waals surface area contributed by atoms with Crippen molar-refractivity contribution in [3.8, 4) is 0 Å². The first-order valence-corrected chi connectivity index (χ1v) is 7.78. The Balaban J connectivity index is 1.97. The molecule has 110 valence electrons. The highest BCUT2D eigenvalue weighted by Crippen LogP contribution is 2.38. The predicted molar refractivity (Wildman–Crippen MR) is 83.4 cm³/mol. The minimum absolute atomic E-state index is 0.184. The Kier molecular flexibility index (Phi) is 4.52. The molecule has 1 fully saturated rings. The SMILES string of the molecule is CC1(CC(=O)NC(C)(C)c2ccccc2)CCCCC1. The molecule has 0 unspecified atom stereocenters. The maximum absolute atomic E-state index is 12.4. The van der Waals surface area contributed by atoms with Crippen molar-refractivity contribution in [1.29, 1.82) is 0 Å². The zero-order valence-electron chi connectivity index (χ0n) is 13.0. The van der Waals surface area contributed by atoms with Gasteiger partial charge in [0.05, 0.1) is 5.54 Å². The normalized spacial score (nSPS) is 18.6. The Hall–Kier alpha value is -1.31. The Labute approximate surface area is 123 Å². The van der Waals surface area contributed by atoms with E-state index in [2.05, 4.69) is 38.2 Å². The molecule has 20 heavy (non-hydrogen) atoms. The van der Waals surface area contributed by atoms with Crippen molar-refractivity contribution in [2.75, 3.05) is 0 Å². The van der Waals surface area contributed by atoms with Gasteiger partial charge in [0.25, 0.3) is 0 Å². The highest BCUT2D eigenvalue weighted by atomic mass is 16.1. The minimum Gasteiger partial charge on any atom is -0.347 e. The summed E-state index contributed by atoms with van der Waals surface area (Å²) in [5.74, 6) is 0.184. The molecule has 1 amide bonds. The standard InChI is InChI=1S/C18H27NO/c1-17(2,15-10-6-4-7-11-15)19-16(20)14-18(3)12-8-5-9-13-18/h4,6-7,10-11H,5,8-9,12-14H2,1-3H3,(H,19,20). The Morgan fingerprint density at radius 2 is 1.75 bits per heavy atom. The lowest BCUT2D eigenvalue weighted by Crippen LogP contribution is -2.43. The third-order valence-electron chi connectivity index (χ3n) is 4.60. The van der Waals surface area contributed by atoms with Crippen LogP contribution in [0, 0.1) is 5.41 Å². The van der Waals surface area contributed by atoms with Crippen LogP contribution in [0.2, 0.25) is 0 Å². The molecule has 2 rings (SSSR count). The number of carbonyl (C=O) groups excluding carboxylic acids is 1. The van der Waals surface area contributed by atoms with Crippen molar-refractivity contribution in [1.82, 2.24) is 5.32 Å². The summed E-state index contributed by atoms with van der Waals surface area (Å²) in [7, 11) is 0. The fourth-order valence-electron chi connectivity index (χ4n) is 3.29. The van der Waals surface area contributed by atoms with E-state index in [1.807, 2.05) is 18.2 Å². The van der Waals surface area contributed by atoms with E-state index >= 15 is 0 Å². The van der Waals surface area contributed by atoms with Crippen LogP contribution in [0.1, 0.15) is 64.9 Å². The largest absolute Gasteiger partial charge is 0.347 e. The Bertz CT molecular complexity index is 444. The second-order valence-corrected chi connectivity index (χ2v) is 7.09. The van der Waals surface area contributed by atoms with Crippen LogP contribution in [0.4, 0.5) is 0 Å². The molecule has 0 saturated heterocycles. The van der Waals surface area contributed by atoms with E-state index in [0.717, 1.165) is 5.56 Å². The van der Waals surface area contributed by atoms with Crippen molar-refractivity contribution in [3.63, 3.8) is 0 Å². The van der Waals surface area contributed by atoms with Crippen molar-refractivity contribution in [3.05, 3.63) is 35.9 Å². The average molecular weight is 273 g/mol. The lowest BCUT2D eigenvalue weighted by Gasteiger charge is -2.35. The number of nitrogens with one attached hydrogen (secondary N) is 1. The average Bonchev–Trinajstić information content (AvgIpc) is 2.39. The first-order valence-electron chi connectivity index (χ1n) is 7.78. The van der Waals surface area contributed by atoms with Gasteiger partial charge in [0.2, 0.25) is 5.91 Å². The van der Waals surface area contributed by atoms with Crippen LogP contribution in [-0.4, -0.2) is 5.91 Å². The quantitative estimate of drug-likeness (QED) is 0.865. The molecule has 0 aromatic heterocycles. The molecule has 1 aliphatic carbocycles. The van der Waals surface area contributed by atoms with Gasteiger partial charge < -0.3 is 5.32 Å². The molecule has 2 heteroatoms. The number of benzene rings is 1. The maximum atomic E-state index is 12.4. The Morgan fingerprint density at radius 3 is 2.35 bits per heavy atom. The summed E-state index contributed by atoms with van der Waals surface area (Å²) in [6, 6.07) is 10.2. The number of carbonyl (C=O) groups is 1. The molecule has 2 nitrogen and oxygen atoms in total. The summed E-state index contributed by atoms with van der Waals surface area (Å²) in [6.07, 6.45) is 6.89. The van der Waals surface area contributed by atoms with Crippen LogP contribution < -0.4 is 5.32 Å². The second-order valence-electron chi connectivity index (χ2n) is 7.09.